The molecule has 2 N–H and O–H groups in total. The maximum atomic E-state index is 12.0. The molecule has 5 nitrogen and oxygen atoms in total. The molecule has 0 unspecified atom stereocenters. The quantitative estimate of drug-likeness (QED) is 0.880. The predicted molar refractivity (Wildman–Crippen MR) is 77.5 cm³/mol. The van der Waals surface area contributed by atoms with Gasteiger partial charge >= 0.3 is 0 Å². The van der Waals surface area contributed by atoms with Crippen LogP contribution in [-0.2, 0) is 6.54 Å². The number of nitrogens with one attached hydrogen (secondary N) is 1. The molecule has 1 saturated heterocycles. The molecule has 3 rings (SSSR count). The summed E-state index contributed by atoms with van der Waals surface area (Å²) < 4.78 is 0. The molecule has 2 heterocycles. The largest absolute Gasteiger partial charge is 0.387 e. The Morgan fingerprint density at radius 3 is 2.90 bits per heavy atom. The minimum atomic E-state index is -0.571. The number of hydrogen-bond donors (Lipinski definition) is 2. The number of hydrogen-bond acceptors (Lipinski definition) is 4. The molecule has 0 saturated carbocycles. The van der Waals surface area contributed by atoms with E-state index in [1.807, 2.05) is 24.3 Å². The second kappa shape index (κ2) is 5.00. The number of benzene rings is 1. The Bertz CT molecular complexity index is 674. The van der Waals surface area contributed by atoms with Crippen LogP contribution in [0.3, 0.4) is 0 Å². The Balaban J connectivity index is 1.76. The van der Waals surface area contributed by atoms with Crippen LogP contribution in [0.4, 0.5) is 0 Å². The summed E-state index contributed by atoms with van der Waals surface area (Å²) in [5, 5.41) is 10.2. The highest BCUT2D eigenvalue weighted by atomic mass is 16.3. The number of para-hydroxylation sites is 2. The summed E-state index contributed by atoms with van der Waals surface area (Å²) in [6.07, 6.45) is 1.78. The zero-order valence-corrected chi connectivity index (χ0v) is 11.6. The minimum absolute atomic E-state index is 0.144. The van der Waals surface area contributed by atoms with Crippen LogP contribution >= 0.6 is 0 Å². The number of H-pyrrole nitrogens is 1. The van der Waals surface area contributed by atoms with Gasteiger partial charge in [0.05, 0.1) is 16.6 Å². The topological polar surface area (TPSA) is 69.2 Å². The molecule has 1 fully saturated rings. The maximum Gasteiger partial charge on any atom is 0.271 e. The first kappa shape index (κ1) is 13.3. The predicted octanol–water partition coefficient (Wildman–Crippen LogP) is 1.27. The monoisotopic (exact) mass is 273 g/mol. The van der Waals surface area contributed by atoms with Crippen LogP contribution in [-0.4, -0.2) is 38.7 Å². The highest BCUT2D eigenvalue weighted by Gasteiger charge is 2.40. The van der Waals surface area contributed by atoms with Gasteiger partial charge in [-0.2, -0.15) is 0 Å². The van der Waals surface area contributed by atoms with Gasteiger partial charge in [0.1, 0.15) is 5.69 Å². The zero-order valence-electron chi connectivity index (χ0n) is 11.6. The highest BCUT2D eigenvalue weighted by molar-refractivity contribution is 5.73. The number of β-amino-alcohol motifs (C(OH)–C–C–N with tert-alkyl or cyclic N) is 1. The van der Waals surface area contributed by atoms with Crippen molar-refractivity contribution in [2.75, 3.05) is 13.1 Å². The van der Waals surface area contributed by atoms with Gasteiger partial charge in [0.25, 0.3) is 5.56 Å². The molecule has 0 amide bonds. The number of aromatic nitrogens is 2. The standard InChI is InChI=1S/C15H19N3O2/c1-2-7-15(20)9-18(10-15)8-13-14(19)17-12-6-4-3-5-11(12)16-13/h3-6,20H,2,7-10H2,1H3,(H,17,19). The van der Waals surface area contributed by atoms with Gasteiger partial charge in [-0.1, -0.05) is 25.5 Å². The van der Waals surface area contributed by atoms with E-state index in [1.165, 1.54) is 0 Å². The Kier molecular flexibility index (Phi) is 3.31. The zero-order chi connectivity index (χ0) is 14.2. The van der Waals surface area contributed by atoms with Crippen molar-refractivity contribution in [2.45, 2.75) is 31.9 Å². The van der Waals surface area contributed by atoms with Crippen molar-refractivity contribution in [1.29, 1.82) is 0 Å². The van der Waals surface area contributed by atoms with Gasteiger partial charge in [-0.05, 0) is 18.6 Å². The lowest BCUT2D eigenvalue weighted by Gasteiger charge is -2.46. The Labute approximate surface area is 117 Å². The number of likely N-dealkylation sites (tertiary alicyclic amines) is 1. The number of aromatic amines is 1. The fourth-order valence-corrected chi connectivity index (χ4v) is 2.91. The molecule has 1 aliphatic heterocycles. The summed E-state index contributed by atoms with van der Waals surface area (Å²) in [5.74, 6) is 0. The SMILES string of the molecule is CCCC1(O)CN(Cc2nc3ccccc3[nH]c2=O)C1. The van der Waals surface area contributed by atoms with Gasteiger partial charge < -0.3 is 10.1 Å². The molecule has 20 heavy (non-hydrogen) atoms. The van der Waals surface area contributed by atoms with Crippen molar-refractivity contribution >= 4 is 11.0 Å². The summed E-state index contributed by atoms with van der Waals surface area (Å²) in [7, 11) is 0. The third-order valence-electron chi connectivity index (χ3n) is 3.79. The Hall–Kier alpha value is -1.72. The Morgan fingerprint density at radius 1 is 1.40 bits per heavy atom. The third kappa shape index (κ3) is 2.46. The minimum Gasteiger partial charge on any atom is -0.387 e. The van der Waals surface area contributed by atoms with Crippen LogP contribution in [0.2, 0.25) is 0 Å². The van der Waals surface area contributed by atoms with Crippen LogP contribution in [0, 0.1) is 0 Å². The molecule has 106 valence electrons. The molecule has 0 bridgehead atoms. The molecule has 1 aromatic carbocycles. The fourth-order valence-electron chi connectivity index (χ4n) is 2.91. The van der Waals surface area contributed by atoms with E-state index in [0.717, 1.165) is 23.9 Å². The third-order valence-corrected chi connectivity index (χ3v) is 3.79. The number of fused-ring (bicyclic) bond motifs is 1. The van der Waals surface area contributed by atoms with Crippen LogP contribution < -0.4 is 5.56 Å². The lowest BCUT2D eigenvalue weighted by molar-refractivity contribution is -0.107. The van der Waals surface area contributed by atoms with Crippen molar-refractivity contribution in [1.82, 2.24) is 14.9 Å². The molecule has 1 aliphatic rings. The number of nitrogens with zero attached hydrogens (tertiary/aromatic N) is 2. The van der Waals surface area contributed by atoms with E-state index in [9.17, 15) is 9.90 Å². The smallest absolute Gasteiger partial charge is 0.271 e. The molecule has 2 aromatic rings. The van der Waals surface area contributed by atoms with E-state index >= 15 is 0 Å². The van der Waals surface area contributed by atoms with E-state index in [0.29, 0.717) is 25.3 Å². The Morgan fingerprint density at radius 2 is 2.15 bits per heavy atom. The van der Waals surface area contributed by atoms with Crippen LogP contribution in [0.15, 0.2) is 29.1 Å². The summed E-state index contributed by atoms with van der Waals surface area (Å²) in [6, 6.07) is 7.51. The normalized spacial score (nSPS) is 18.1. The molecule has 0 atom stereocenters. The van der Waals surface area contributed by atoms with Crippen molar-refractivity contribution < 1.29 is 5.11 Å². The van der Waals surface area contributed by atoms with E-state index in [2.05, 4.69) is 21.8 Å². The average molecular weight is 273 g/mol. The first-order valence-electron chi connectivity index (χ1n) is 7.02. The second-order valence-electron chi connectivity index (χ2n) is 5.65. The van der Waals surface area contributed by atoms with Crippen molar-refractivity contribution in [3.05, 3.63) is 40.3 Å². The summed E-state index contributed by atoms with van der Waals surface area (Å²) in [6.45, 7) is 3.80. The second-order valence-corrected chi connectivity index (χ2v) is 5.65. The van der Waals surface area contributed by atoms with Crippen LogP contribution in [0.25, 0.3) is 11.0 Å². The molecule has 0 aliphatic carbocycles. The van der Waals surface area contributed by atoms with Crippen LogP contribution in [0.1, 0.15) is 25.5 Å². The first-order valence-corrected chi connectivity index (χ1v) is 7.02. The van der Waals surface area contributed by atoms with Gasteiger partial charge in [0, 0.05) is 19.6 Å². The first-order chi connectivity index (χ1) is 9.59. The molecule has 0 spiro atoms. The van der Waals surface area contributed by atoms with Gasteiger partial charge in [0.15, 0.2) is 0 Å². The van der Waals surface area contributed by atoms with E-state index in [4.69, 9.17) is 0 Å². The molecular formula is C15H19N3O2. The van der Waals surface area contributed by atoms with E-state index in [-0.39, 0.29) is 5.56 Å². The maximum absolute atomic E-state index is 12.0. The van der Waals surface area contributed by atoms with Gasteiger partial charge in [-0.3, -0.25) is 9.69 Å². The lowest BCUT2D eigenvalue weighted by atomic mass is 9.89. The van der Waals surface area contributed by atoms with E-state index < -0.39 is 5.60 Å². The molecule has 5 heteroatoms. The molecular weight excluding hydrogens is 254 g/mol. The molecule has 0 radical (unpaired) electrons. The summed E-state index contributed by atoms with van der Waals surface area (Å²) in [5.41, 5.74) is 1.36. The van der Waals surface area contributed by atoms with Gasteiger partial charge in [-0.15, -0.1) is 0 Å². The van der Waals surface area contributed by atoms with Crippen molar-refractivity contribution in [2.24, 2.45) is 0 Å². The molecule has 1 aromatic heterocycles. The fraction of sp³-hybridized carbons (Fsp3) is 0.467. The van der Waals surface area contributed by atoms with Crippen LogP contribution in [0.5, 0.6) is 0 Å². The van der Waals surface area contributed by atoms with Gasteiger partial charge in [0.2, 0.25) is 0 Å². The van der Waals surface area contributed by atoms with Crippen molar-refractivity contribution in [3.63, 3.8) is 0 Å². The summed E-state index contributed by atoms with van der Waals surface area (Å²) in [4.78, 5) is 21.3. The summed E-state index contributed by atoms with van der Waals surface area (Å²) >= 11 is 0. The number of aliphatic hydroxyl groups is 1. The average Bonchev–Trinajstić information content (AvgIpc) is 2.38. The lowest BCUT2D eigenvalue weighted by Crippen LogP contribution is -2.61. The van der Waals surface area contributed by atoms with E-state index in [1.54, 1.807) is 0 Å². The highest BCUT2D eigenvalue weighted by Crippen LogP contribution is 2.26. The number of rotatable bonds is 4. The van der Waals surface area contributed by atoms with Gasteiger partial charge in [-0.25, -0.2) is 4.98 Å². The van der Waals surface area contributed by atoms with Crippen molar-refractivity contribution in [3.8, 4) is 0 Å².